The fourth-order valence-corrected chi connectivity index (χ4v) is 5.22. The quantitative estimate of drug-likeness (QED) is 0.836. The number of carbonyl (C=O) groups excluding carboxylic acids is 1. The van der Waals surface area contributed by atoms with Gasteiger partial charge in [0.15, 0.2) is 0 Å². The van der Waals surface area contributed by atoms with Crippen LogP contribution < -0.4 is 0 Å². The van der Waals surface area contributed by atoms with E-state index in [1.807, 2.05) is 0 Å². The number of rotatable bonds is 3. The van der Waals surface area contributed by atoms with E-state index < -0.39 is 0 Å². The predicted molar refractivity (Wildman–Crippen MR) is 103 cm³/mol. The molecule has 1 atom stereocenters. The molecule has 1 amide bonds. The second kappa shape index (κ2) is 7.30. The fourth-order valence-electron chi connectivity index (χ4n) is 3.98. The van der Waals surface area contributed by atoms with Crippen LogP contribution in [0.5, 0.6) is 0 Å². The van der Waals surface area contributed by atoms with E-state index in [-0.39, 0.29) is 5.91 Å². The average molecular weight is 355 g/mol. The van der Waals surface area contributed by atoms with Crippen LogP contribution in [0.4, 0.5) is 0 Å². The van der Waals surface area contributed by atoms with Crippen LogP contribution in [0.15, 0.2) is 35.7 Å². The molecule has 2 heterocycles. The molecular weight excluding hydrogens is 328 g/mol. The zero-order chi connectivity index (χ0) is 17.2. The molecule has 0 unspecified atom stereocenters. The normalized spacial score (nSPS) is 21.2. The summed E-state index contributed by atoms with van der Waals surface area (Å²) in [5.74, 6) is 1.02. The Bertz CT molecular complexity index is 732. The molecule has 0 bridgehead atoms. The molecule has 0 radical (unpaired) electrons. The predicted octanol–water partition coefficient (Wildman–Crippen LogP) is 3.83. The van der Waals surface area contributed by atoms with E-state index >= 15 is 0 Å². The van der Waals surface area contributed by atoms with Crippen molar-refractivity contribution in [2.45, 2.75) is 32.7 Å². The molecule has 2 aliphatic rings. The van der Waals surface area contributed by atoms with Crippen molar-refractivity contribution in [2.75, 3.05) is 26.2 Å². The molecule has 1 fully saturated rings. The smallest absolute Gasteiger partial charge is 0.255 e. The van der Waals surface area contributed by atoms with Crippen LogP contribution in [0.3, 0.4) is 0 Å². The van der Waals surface area contributed by atoms with Gasteiger partial charge in [-0.3, -0.25) is 9.69 Å². The maximum absolute atomic E-state index is 13.0. The zero-order valence-corrected chi connectivity index (χ0v) is 15.7. The first kappa shape index (κ1) is 16.8. The molecule has 4 heteroatoms. The van der Waals surface area contributed by atoms with Crippen molar-refractivity contribution in [2.24, 2.45) is 5.92 Å². The van der Waals surface area contributed by atoms with Gasteiger partial charge >= 0.3 is 0 Å². The van der Waals surface area contributed by atoms with Crippen LogP contribution in [0.25, 0.3) is 0 Å². The van der Waals surface area contributed by atoms with E-state index in [4.69, 9.17) is 0 Å². The maximum Gasteiger partial charge on any atom is 0.255 e. The van der Waals surface area contributed by atoms with Gasteiger partial charge in [-0.05, 0) is 36.3 Å². The number of thiophene rings is 1. The summed E-state index contributed by atoms with van der Waals surface area (Å²) in [4.78, 5) is 18.9. The minimum atomic E-state index is 0.256. The van der Waals surface area contributed by atoms with E-state index in [9.17, 15) is 4.79 Å². The van der Waals surface area contributed by atoms with Crippen LogP contribution in [-0.2, 0) is 19.4 Å². The minimum Gasteiger partial charge on any atom is -0.336 e. The van der Waals surface area contributed by atoms with Crippen LogP contribution in [0.2, 0.25) is 0 Å². The zero-order valence-electron chi connectivity index (χ0n) is 14.9. The molecule has 1 aliphatic heterocycles. The van der Waals surface area contributed by atoms with Gasteiger partial charge in [-0.1, -0.05) is 37.3 Å². The Kier molecular flexibility index (Phi) is 4.91. The molecule has 25 heavy (non-hydrogen) atoms. The third-order valence-corrected chi connectivity index (χ3v) is 6.59. The van der Waals surface area contributed by atoms with E-state index in [1.54, 1.807) is 11.3 Å². The molecule has 1 saturated heterocycles. The van der Waals surface area contributed by atoms with Crippen molar-refractivity contribution in [1.82, 2.24) is 9.80 Å². The van der Waals surface area contributed by atoms with Gasteiger partial charge in [0.25, 0.3) is 5.91 Å². The summed E-state index contributed by atoms with van der Waals surface area (Å²) < 4.78 is 0. The third kappa shape index (κ3) is 3.65. The molecule has 3 nitrogen and oxygen atoms in total. The fraction of sp³-hybridized carbons (Fsp3) is 0.476. The highest BCUT2D eigenvalue weighted by molar-refractivity contribution is 7.10. The standard InChI is InChI=1S/C21H26N2OS/c1-16-7-8-18-19(15-25-20(18)13-16)21(24)23-11-9-22(10-12-23)14-17-5-3-2-4-6-17/h2-6,15-16H,7-14H2,1H3/t16-/m0/s1. The highest BCUT2D eigenvalue weighted by Crippen LogP contribution is 2.33. The Labute approximate surface area is 154 Å². The van der Waals surface area contributed by atoms with Gasteiger partial charge in [0.1, 0.15) is 0 Å². The molecular formula is C21H26N2OS. The molecule has 1 aromatic heterocycles. The average Bonchev–Trinajstić information content (AvgIpc) is 3.05. The topological polar surface area (TPSA) is 23.6 Å². The van der Waals surface area contributed by atoms with Crippen molar-refractivity contribution in [1.29, 1.82) is 0 Å². The molecule has 0 spiro atoms. The summed E-state index contributed by atoms with van der Waals surface area (Å²) in [6, 6.07) is 10.6. The number of benzene rings is 1. The van der Waals surface area contributed by atoms with Gasteiger partial charge in [-0.2, -0.15) is 0 Å². The van der Waals surface area contributed by atoms with Gasteiger partial charge in [-0.15, -0.1) is 11.3 Å². The number of fused-ring (bicyclic) bond motifs is 1. The van der Waals surface area contributed by atoms with E-state index in [0.29, 0.717) is 0 Å². The molecule has 4 rings (SSSR count). The Morgan fingerprint density at radius 1 is 1.16 bits per heavy atom. The molecule has 1 aromatic carbocycles. The SMILES string of the molecule is C[C@H]1CCc2c(C(=O)N3CCN(Cc4ccccc4)CC3)csc2C1. The number of piperazine rings is 1. The highest BCUT2D eigenvalue weighted by Gasteiger charge is 2.27. The first-order chi connectivity index (χ1) is 12.2. The monoisotopic (exact) mass is 354 g/mol. The van der Waals surface area contributed by atoms with E-state index in [1.165, 1.54) is 22.4 Å². The number of amides is 1. The number of hydrogen-bond acceptors (Lipinski definition) is 3. The first-order valence-electron chi connectivity index (χ1n) is 9.35. The van der Waals surface area contributed by atoms with Gasteiger partial charge in [0.05, 0.1) is 5.56 Å². The van der Waals surface area contributed by atoms with E-state index in [2.05, 4.69) is 52.4 Å². The van der Waals surface area contributed by atoms with Crippen molar-refractivity contribution in [3.63, 3.8) is 0 Å². The molecule has 0 saturated carbocycles. The van der Waals surface area contributed by atoms with Crippen molar-refractivity contribution in [3.05, 3.63) is 57.3 Å². The Morgan fingerprint density at radius 2 is 1.92 bits per heavy atom. The van der Waals surface area contributed by atoms with Gasteiger partial charge in [0.2, 0.25) is 0 Å². The summed E-state index contributed by atoms with van der Waals surface area (Å²) >= 11 is 1.79. The molecule has 1 aliphatic carbocycles. The third-order valence-electron chi connectivity index (χ3n) is 5.54. The van der Waals surface area contributed by atoms with Crippen LogP contribution >= 0.6 is 11.3 Å². The Hall–Kier alpha value is -1.65. The lowest BCUT2D eigenvalue weighted by Crippen LogP contribution is -2.48. The van der Waals surface area contributed by atoms with Crippen LogP contribution in [-0.4, -0.2) is 41.9 Å². The lowest BCUT2D eigenvalue weighted by Gasteiger charge is -2.35. The summed E-state index contributed by atoms with van der Waals surface area (Å²) in [6.45, 7) is 6.90. The number of nitrogens with zero attached hydrogens (tertiary/aromatic N) is 2. The number of carbonyl (C=O) groups is 1. The first-order valence-corrected chi connectivity index (χ1v) is 10.2. The van der Waals surface area contributed by atoms with Gasteiger partial charge < -0.3 is 4.90 Å². The molecule has 132 valence electrons. The minimum absolute atomic E-state index is 0.256. The second-order valence-electron chi connectivity index (χ2n) is 7.45. The maximum atomic E-state index is 13.0. The van der Waals surface area contributed by atoms with Crippen LogP contribution in [0, 0.1) is 5.92 Å². The lowest BCUT2D eigenvalue weighted by atomic mass is 9.88. The Balaban J connectivity index is 1.37. The summed E-state index contributed by atoms with van der Waals surface area (Å²) in [5, 5.41) is 2.11. The molecule has 2 aromatic rings. The van der Waals surface area contributed by atoms with Crippen molar-refractivity contribution in [3.8, 4) is 0 Å². The summed E-state index contributed by atoms with van der Waals surface area (Å²) in [5.41, 5.74) is 3.69. The Morgan fingerprint density at radius 3 is 2.68 bits per heavy atom. The highest BCUT2D eigenvalue weighted by atomic mass is 32.1. The summed E-state index contributed by atoms with van der Waals surface area (Å²) in [6.07, 6.45) is 3.45. The summed E-state index contributed by atoms with van der Waals surface area (Å²) in [7, 11) is 0. The lowest BCUT2D eigenvalue weighted by molar-refractivity contribution is 0.0627. The van der Waals surface area contributed by atoms with Gasteiger partial charge in [0, 0.05) is 43.0 Å². The largest absolute Gasteiger partial charge is 0.336 e. The van der Waals surface area contributed by atoms with Gasteiger partial charge in [-0.25, -0.2) is 0 Å². The number of hydrogen-bond donors (Lipinski definition) is 0. The molecule has 0 N–H and O–H groups in total. The van der Waals surface area contributed by atoms with E-state index in [0.717, 1.165) is 57.0 Å². The van der Waals surface area contributed by atoms with Crippen molar-refractivity contribution >= 4 is 17.2 Å². The van der Waals surface area contributed by atoms with Crippen molar-refractivity contribution < 1.29 is 4.79 Å². The second-order valence-corrected chi connectivity index (χ2v) is 8.42. The van der Waals surface area contributed by atoms with Crippen LogP contribution in [0.1, 0.15) is 39.7 Å².